The summed E-state index contributed by atoms with van der Waals surface area (Å²) in [4.78, 5) is 10.5. The van der Waals surface area contributed by atoms with Crippen molar-refractivity contribution >= 4 is 16.0 Å². The number of rotatable bonds is 4. The summed E-state index contributed by atoms with van der Waals surface area (Å²) >= 11 is 0. The zero-order chi connectivity index (χ0) is 13.3. The summed E-state index contributed by atoms with van der Waals surface area (Å²) in [6, 6.07) is 2.71. The van der Waals surface area contributed by atoms with Gasteiger partial charge in [-0.1, -0.05) is 0 Å². The first-order chi connectivity index (χ1) is 7.63. The van der Waals surface area contributed by atoms with Crippen LogP contribution >= 0.6 is 0 Å². The Morgan fingerprint density at radius 1 is 1.41 bits per heavy atom. The summed E-state index contributed by atoms with van der Waals surface area (Å²) in [5.74, 6) is -1.14. The summed E-state index contributed by atoms with van der Waals surface area (Å²) < 4.78 is 29.8. The Morgan fingerprint density at radius 3 is 2.41 bits per heavy atom. The monoisotopic (exact) mass is 261 g/mol. The highest BCUT2D eigenvalue weighted by Gasteiger charge is 2.28. The van der Waals surface area contributed by atoms with Crippen LogP contribution < -0.4 is 4.72 Å². The van der Waals surface area contributed by atoms with Crippen molar-refractivity contribution in [1.82, 2.24) is 4.72 Å². The van der Waals surface area contributed by atoms with E-state index < -0.39 is 20.7 Å². The molecule has 0 radical (unpaired) electrons. The van der Waals surface area contributed by atoms with Gasteiger partial charge in [-0.15, -0.1) is 0 Å². The van der Waals surface area contributed by atoms with E-state index in [0.29, 0.717) is 0 Å². The molecule has 2 N–H and O–H groups in total. The fourth-order valence-corrected chi connectivity index (χ4v) is 1.74. The molecule has 1 aromatic rings. The van der Waals surface area contributed by atoms with Crippen molar-refractivity contribution in [3.05, 3.63) is 23.7 Å². The van der Waals surface area contributed by atoms with Gasteiger partial charge in [-0.3, -0.25) is 0 Å². The molecule has 17 heavy (non-hydrogen) atoms. The van der Waals surface area contributed by atoms with Gasteiger partial charge in [0.2, 0.25) is 15.8 Å². The Balaban J connectivity index is 2.71. The highest BCUT2D eigenvalue weighted by atomic mass is 32.2. The van der Waals surface area contributed by atoms with E-state index in [0.717, 1.165) is 0 Å². The van der Waals surface area contributed by atoms with Gasteiger partial charge in [0, 0.05) is 0 Å². The molecule has 1 rings (SSSR count). The SMILES string of the molecule is CC(C)(C)S(=O)(=O)NCc1ccc(C(=O)O)o1. The van der Waals surface area contributed by atoms with Crippen molar-refractivity contribution < 1.29 is 22.7 Å². The number of sulfonamides is 1. The molecule has 6 nitrogen and oxygen atoms in total. The third kappa shape index (κ3) is 3.31. The van der Waals surface area contributed by atoms with E-state index in [2.05, 4.69) is 4.72 Å². The number of carboxylic acids is 1. The van der Waals surface area contributed by atoms with Gasteiger partial charge in [0.15, 0.2) is 0 Å². The van der Waals surface area contributed by atoms with Gasteiger partial charge in [-0.05, 0) is 32.9 Å². The first-order valence-electron chi connectivity index (χ1n) is 4.95. The predicted molar refractivity (Wildman–Crippen MR) is 61.2 cm³/mol. The second-order valence-electron chi connectivity index (χ2n) is 4.51. The van der Waals surface area contributed by atoms with E-state index in [1.165, 1.54) is 12.1 Å². The average Bonchev–Trinajstić information content (AvgIpc) is 2.61. The molecule has 0 spiro atoms. The first kappa shape index (κ1) is 13.7. The number of hydrogen-bond acceptors (Lipinski definition) is 4. The Kier molecular flexibility index (Phi) is 3.63. The van der Waals surface area contributed by atoms with E-state index in [-0.39, 0.29) is 18.1 Å². The lowest BCUT2D eigenvalue weighted by Gasteiger charge is -2.19. The van der Waals surface area contributed by atoms with Gasteiger partial charge in [-0.25, -0.2) is 17.9 Å². The molecule has 0 fully saturated rings. The van der Waals surface area contributed by atoms with Gasteiger partial charge in [-0.2, -0.15) is 0 Å². The van der Waals surface area contributed by atoms with Crippen molar-refractivity contribution in [3.8, 4) is 0 Å². The van der Waals surface area contributed by atoms with E-state index in [1.54, 1.807) is 20.8 Å². The lowest BCUT2D eigenvalue weighted by Crippen LogP contribution is -2.38. The van der Waals surface area contributed by atoms with Gasteiger partial charge in [0.25, 0.3) is 0 Å². The Bertz CT molecular complexity index is 509. The molecule has 0 bridgehead atoms. The zero-order valence-electron chi connectivity index (χ0n) is 9.85. The molecule has 0 amide bonds. The van der Waals surface area contributed by atoms with Crippen LogP contribution in [0.4, 0.5) is 0 Å². The van der Waals surface area contributed by atoms with E-state index >= 15 is 0 Å². The average molecular weight is 261 g/mol. The fraction of sp³-hybridized carbons (Fsp3) is 0.500. The lowest BCUT2D eigenvalue weighted by atomic mass is 10.3. The van der Waals surface area contributed by atoms with Gasteiger partial charge in [0.1, 0.15) is 5.76 Å². The largest absolute Gasteiger partial charge is 0.475 e. The van der Waals surface area contributed by atoms with Crippen molar-refractivity contribution in [2.45, 2.75) is 32.1 Å². The quantitative estimate of drug-likeness (QED) is 0.848. The van der Waals surface area contributed by atoms with Crippen LogP contribution in [-0.2, 0) is 16.6 Å². The molecule has 1 heterocycles. The summed E-state index contributed by atoms with van der Waals surface area (Å²) in [5.41, 5.74) is 0. The Hall–Kier alpha value is -1.34. The molecule has 96 valence electrons. The number of furan rings is 1. The maximum Gasteiger partial charge on any atom is 0.371 e. The van der Waals surface area contributed by atoms with Crippen LogP contribution in [0.15, 0.2) is 16.5 Å². The van der Waals surface area contributed by atoms with Gasteiger partial charge >= 0.3 is 5.97 Å². The first-order valence-corrected chi connectivity index (χ1v) is 6.43. The highest BCUT2D eigenvalue weighted by molar-refractivity contribution is 7.90. The zero-order valence-corrected chi connectivity index (χ0v) is 10.7. The molecule has 1 aromatic heterocycles. The molecule has 0 aliphatic rings. The minimum Gasteiger partial charge on any atom is -0.475 e. The van der Waals surface area contributed by atoms with Crippen LogP contribution in [0.5, 0.6) is 0 Å². The molecule has 0 aliphatic heterocycles. The predicted octanol–water partition coefficient (Wildman–Crippen LogP) is 1.20. The lowest BCUT2D eigenvalue weighted by molar-refractivity contribution is 0.0660. The number of carboxylic acid groups (broad SMARTS) is 1. The molecule has 0 saturated carbocycles. The Morgan fingerprint density at radius 2 is 2.00 bits per heavy atom. The molecule has 7 heteroatoms. The highest BCUT2D eigenvalue weighted by Crippen LogP contribution is 2.14. The van der Waals surface area contributed by atoms with E-state index in [4.69, 9.17) is 9.52 Å². The van der Waals surface area contributed by atoms with Gasteiger partial charge in [0.05, 0.1) is 11.3 Å². The second kappa shape index (κ2) is 4.50. The Labute approximate surface area is 99.7 Å². The van der Waals surface area contributed by atoms with Gasteiger partial charge < -0.3 is 9.52 Å². The molecule has 0 atom stereocenters. The summed E-state index contributed by atoms with van der Waals surface area (Å²) in [5, 5.41) is 8.62. The smallest absolute Gasteiger partial charge is 0.371 e. The maximum absolute atomic E-state index is 11.7. The molecular weight excluding hydrogens is 246 g/mol. The minimum atomic E-state index is -3.46. The molecule has 0 aliphatic carbocycles. The summed E-state index contributed by atoms with van der Waals surface area (Å²) in [6.45, 7) is 4.65. The molecular formula is C10H15NO5S. The maximum atomic E-state index is 11.7. The van der Waals surface area contributed by atoms with Crippen LogP contribution in [0.25, 0.3) is 0 Å². The van der Waals surface area contributed by atoms with E-state index in [1.807, 2.05) is 0 Å². The van der Waals surface area contributed by atoms with Crippen LogP contribution in [0, 0.1) is 0 Å². The van der Waals surface area contributed by atoms with E-state index in [9.17, 15) is 13.2 Å². The standard InChI is InChI=1S/C10H15NO5S/c1-10(2,3)17(14,15)11-6-7-4-5-8(16-7)9(12)13/h4-5,11H,6H2,1-3H3,(H,12,13). The van der Waals surface area contributed by atoms with Crippen LogP contribution in [0.1, 0.15) is 37.1 Å². The minimum absolute atomic E-state index is 0.0626. The van der Waals surface area contributed by atoms with Crippen molar-refractivity contribution in [1.29, 1.82) is 0 Å². The molecule has 0 saturated heterocycles. The van der Waals surface area contributed by atoms with Crippen molar-refractivity contribution in [2.75, 3.05) is 0 Å². The molecule has 0 unspecified atom stereocenters. The van der Waals surface area contributed by atoms with Crippen LogP contribution in [0.2, 0.25) is 0 Å². The third-order valence-electron chi connectivity index (χ3n) is 2.12. The van der Waals surface area contributed by atoms with Crippen molar-refractivity contribution in [2.24, 2.45) is 0 Å². The van der Waals surface area contributed by atoms with Crippen LogP contribution in [-0.4, -0.2) is 24.2 Å². The normalized spacial score (nSPS) is 12.6. The summed E-state index contributed by atoms with van der Waals surface area (Å²) in [6.07, 6.45) is 0. The fourth-order valence-electron chi connectivity index (χ4n) is 0.971. The number of aromatic carboxylic acids is 1. The van der Waals surface area contributed by atoms with Crippen LogP contribution in [0.3, 0.4) is 0 Å². The topological polar surface area (TPSA) is 96.6 Å². The molecule has 0 aromatic carbocycles. The number of carbonyl (C=O) groups is 1. The van der Waals surface area contributed by atoms with Crippen molar-refractivity contribution in [3.63, 3.8) is 0 Å². The second-order valence-corrected chi connectivity index (χ2v) is 7.03. The summed E-state index contributed by atoms with van der Waals surface area (Å²) in [7, 11) is -3.46. The number of nitrogens with one attached hydrogen (secondary N) is 1. The third-order valence-corrected chi connectivity index (χ3v) is 4.25. The number of hydrogen-bond donors (Lipinski definition) is 2.